The number of benzene rings is 2. The zero-order valence-electron chi connectivity index (χ0n) is 13.4. The van der Waals surface area contributed by atoms with Crippen molar-refractivity contribution in [3.8, 4) is 6.07 Å². The number of carbonyl (C=O) groups excluding carboxylic acids is 1. The lowest BCUT2D eigenvalue weighted by Gasteiger charge is -2.08. The zero-order chi connectivity index (χ0) is 18.3. The number of nitriles is 1. The van der Waals surface area contributed by atoms with E-state index in [-0.39, 0.29) is 17.3 Å². The summed E-state index contributed by atoms with van der Waals surface area (Å²) in [6, 6.07) is 15.1. The predicted molar refractivity (Wildman–Crippen MR) is 94.2 cm³/mol. The van der Waals surface area contributed by atoms with Crippen molar-refractivity contribution in [1.82, 2.24) is 5.32 Å². The Bertz CT molecular complexity index is 870. The van der Waals surface area contributed by atoms with Crippen LogP contribution in [0.1, 0.15) is 11.1 Å². The van der Waals surface area contributed by atoms with Crippen LogP contribution in [0.5, 0.6) is 0 Å². The van der Waals surface area contributed by atoms with Crippen LogP contribution in [0.3, 0.4) is 0 Å². The highest BCUT2D eigenvalue weighted by atomic mass is 32.2. The molecule has 8 heteroatoms. The molecule has 0 aliphatic heterocycles. The van der Waals surface area contributed by atoms with Gasteiger partial charge in [-0.05, 0) is 48.4 Å². The summed E-state index contributed by atoms with van der Waals surface area (Å²) in [5.74, 6) is -0.162. The van der Waals surface area contributed by atoms with Crippen LogP contribution in [-0.2, 0) is 21.2 Å². The van der Waals surface area contributed by atoms with Crippen molar-refractivity contribution >= 4 is 21.6 Å². The van der Waals surface area contributed by atoms with E-state index in [4.69, 9.17) is 10.4 Å². The Hall–Kier alpha value is -2.89. The first kappa shape index (κ1) is 18.4. The SMILES string of the molecule is N#Cc1ccc(NCC(=O)NCCc2ccc(S(N)(=O)=O)cc2)cc1. The van der Waals surface area contributed by atoms with Crippen molar-refractivity contribution in [3.05, 3.63) is 59.7 Å². The fourth-order valence-electron chi connectivity index (χ4n) is 2.10. The number of primary sulfonamides is 1. The van der Waals surface area contributed by atoms with Crippen molar-refractivity contribution in [3.63, 3.8) is 0 Å². The molecule has 0 aliphatic rings. The Kier molecular flexibility index (Phi) is 6.11. The fourth-order valence-corrected chi connectivity index (χ4v) is 2.61. The molecule has 0 fully saturated rings. The highest BCUT2D eigenvalue weighted by Crippen LogP contribution is 2.09. The molecule has 0 heterocycles. The molecular formula is C17H18N4O3S. The van der Waals surface area contributed by atoms with Gasteiger partial charge in [0, 0.05) is 12.2 Å². The number of hydrogen-bond acceptors (Lipinski definition) is 5. The molecule has 2 aromatic rings. The molecule has 0 saturated heterocycles. The molecule has 0 spiro atoms. The second-order valence-corrected chi connectivity index (χ2v) is 6.89. The van der Waals surface area contributed by atoms with Gasteiger partial charge in [0.05, 0.1) is 23.1 Å². The summed E-state index contributed by atoms with van der Waals surface area (Å²) in [5, 5.41) is 19.5. The van der Waals surface area contributed by atoms with Gasteiger partial charge in [-0.15, -0.1) is 0 Å². The summed E-state index contributed by atoms with van der Waals surface area (Å²) in [4.78, 5) is 11.9. The summed E-state index contributed by atoms with van der Waals surface area (Å²) in [5.41, 5.74) is 2.21. The van der Waals surface area contributed by atoms with E-state index in [1.54, 1.807) is 36.4 Å². The Morgan fingerprint density at radius 2 is 1.72 bits per heavy atom. The highest BCUT2D eigenvalue weighted by Gasteiger charge is 2.07. The predicted octanol–water partition coefficient (Wildman–Crippen LogP) is 0.976. The van der Waals surface area contributed by atoms with Crippen LogP contribution in [0, 0.1) is 11.3 Å². The van der Waals surface area contributed by atoms with Gasteiger partial charge in [-0.1, -0.05) is 12.1 Å². The maximum Gasteiger partial charge on any atom is 0.239 e. The van der Waals surface area contributed by atoms with E-state index in [1.807, 2.05) is 6.07 Å². The molecule has 1 amide bonds. The smallest absolute Gasteiger partial charge is 0.239 e. The number of sulfonamides is 1. The molecule has 0 aliphatic carbocycles. The molecule has 2 aromatic carbocycles. The van der Waals surface area contributed by atoms with Gasteiger partial charge in [-0.25, -0.2) is 13.6 Å². The van der Waals surface area contributed by atoms with Gasteiger partial charge >= 0.3 is 0 Å². The Balaban J connectivity index is 1.74. The van der Waals surface area contributed by atoms with Crippen LogP contribution in [0.2, 0.25) is 0 Å². The van der Waals surface area contributed by atoms with Crippen molar-refractivity contribution in [2.45, 2.75) is 11.3 Å². The number of nitrogens with two attached hydrogens (primary N) is 1. The number of amides is 1. The summed E-state index contributed by atoms with van der Waals surface area (Å²) >= 11 is 0. The van der Waals surface area contributed by atoms with E-state index >= 15 is 0 Å². The molecule has 25 heavy (non-hydrogen) atoms. The average molecular weight is 358 g/mol. The number of hydrogen-bond donors (Lipinski definition) is 3. The third-order valence-electron chi connectivity index (χ3n) is 3.45. The largest absolute Gasteiger partial charge is 0.376 e. The van der Waals surface area contributed by atoms with Crippen LogP contribution in [0.25, 0.3) is 0 Å². The molecule has 0 radical (unpaired) electrons. The van der Waals surface area contributed by atoms with E-state index in [0.717, 1.165) is 11.3 Å². The molecule has 130 valence electrons. The molecule has 0 aromatic heterocycles. The summed E-state index contributed by atoms with van der Waals surface area (Å²) < 4.78 is 22.3. The number of nitrogens with zero attached hydrogens (tertiary/aromatic N) is 1. The summed E-state index contributed by atoms with van der Waals surface area (Å²) in [6.07, 6.45) is 0.577. The van der Waals surface area contributed by atoms with Crippen LogP contribution >= 0.6 is 0 Å². The lowest BCUT2D eigenvalue weighted by Crippen LogP contribution is -2.31. The normalized spacial score (nSPS) is 10.7. The van der Waals surface area contributed by atoms with Crippen molar-refractivity contribution in [2.75, 3.05) is 18.4 Å². The summed E-state index contributed by atoms with van der Waals surface area (Å²) in [6.45, 7) is 0.554. The first-order valence-electron chi connectivity index (χ1n) is 7.51. The topological polar surface area (TPSA) is 125 Å². The Labute approximate surface area is 146 Å². The fraction of sp³-hybridized carbons (Fsp3) is 0.176. The van der Waals surface area contributed by atoms with E-state index in [1.165, 1.54) is 12.1 Å². The van der Waals surface area contributed by atoms with Gasteiger partial charge in [0.25, 0.3) is 0 Å². The quantitative estimate of drug-likeness (QED) is 0.680. The number of anilines is 1. The Morgan fingerprint density at radius 3 is 2.28 bits per heavy atom. The van der Waals surface area contributed by atoms with Gasteiger partial charge in [0.1, 0.15) is 0 Å². The first-order chi connectivity index (χ1) is 11.9. The first-order valence-corrected chi connectivity index (χ1v) is 9.05. The lowest BCUT2D eigenvalue weighted by molar-refractivity contribution is -0.119. The lowest BCUT2D eigenvalue weighted by atomic mass is 10.1. The van der Waals surface area contributed by atoms with Crippen molar-refractivity contribution in [1.29, 1.82) is 5.26 Å². The molecule has 4 N–H and O–H groups in total. The van der Waals surface area contributed by atoms with E-state index in [0.29, 0.717) is 18.5 Å². The van der Waals surface area contributed by atoms with Gasteiger partial charge in [0.2, 0.25) is 15.9 Å². The second kappa shape index (κ2) is 8.28. The molecule has 0 bridgehead atoms. The van der Waals surface area contributed by atoms with Crippen LogP contribution in [-0.4, -0.2) is 27.4 Å². The number of rotatable bonds is 7. The van der Waals surface area contributed by atoms with E-state index in [9.17, 15) is 13.2 Å². The van der Waals surface area contributed by atoms with Crippen LogP contribution < -0.4 is 15.8 Å². The summed E-state index contributed by atoms with van der Waals surface area (Å²) in [7, 11) is -3.69. The zero-order valence-corrected chi connectivity index (χ0v) is 14.2. The molecule has 2 rings (SSSR count). The average Bonchev–Trinajstić information content (AvgIpc) is 2.60. The molecule has 0 atom stereocenters. The number of nitrogens with one attached hydrogen (secondary N) is 2. The van der Waals surface area contributed by atoms with E-state index in [2.05, 4.69) is 10.6 Å². The maximum absolute atomic E-state index is 11.8. The van der Waals surface area contributed by atoms with Gasteiger partial charge in [0.15, 0.2) is 0 Å². The minimum absolute atomic E-state index is 0.0619. The van der Waals surface area contributed by atoms with Crippen molar-refractivity contribution in [2.24, 2.45) is 5.14 Å². The van der Waals surface area contributed by atoms with Crippen LogP contribution in [0.15, 0.2) is 53.4 Å². The minimum Gasteiger partial charge on any atom is -0.376 e. The van der Waals surface area contributed by atoms with Crippen molar-refractivity contribution < 1.29 is 13.2 Å². The van der Waals surface area contributed by atoms with E-state index < -0.39 is 10.0 Å². The number of carbonyl (C=O) groups is 1. The maximum atomic E-state index is 11.8. The highest BCUT2D eigenvalue weighted by molar-refractivity contribution is 7.89. The Morgan fingerprint density at radius 1 is 1.08 bits per heavy atom. The molecular weight excluding hydrogens is 340 g/mol. The molecule has 0 unspecified atom stereocenters. The standard InChI is InChI=1S/C17H18N4O3S/c18-11-14-1-5-15(6-2-14)21-12-17(22)20-10-9-13-3-7-16(8-4-13)25(19,23)24/h1-8,21H,9-10,12H2,(H,20,22)(H2,19,23,24). The third-order valence-corrected chi connectivity index (χ3v) is 4.38. The third kappa shape index (κ3) is 5.91. The van der Waals surface area contributed by atoms with Gasteiger partial charge in [-0.3, -0.25) is 4.79 Å². The minimum atomic E-state index is -3.69. The van der Waals surface area contributed by atoms with Gasteiger partial charge in [-0.2, -0.15) is 5.26 Å². The van der Waals surface area contributed by atoms with Gasteiger partial charge < -0.3 is 10.6 Å². The molecule has 7 nitrogen and oxygen atoms in total. The monoisotopic (exact) mass is 358 g/mol. The second-order valence-electron chi connectivity index (χ2n) is 5.33. The molecule has 0 saturated carbocycles. The van der Waals surface area contributed by atoms with Crippen LogP contribution in [0.4, 0.5) is 5.69 Å².